The van der Waals surface area contributed by atoms with E-state index >= 15 is 0 Å². The number of carbonyl (C=O) groups is 2. The first-order valence-corrected chi connectivity index (χ1v) is 8.62. The van der Waals surface area contributed by atoms with Crippen LogP contribution >= 0.6 is 0 Å². The maximum Gasteiger partial charge on any atom is 0.254 e. The number of rotatable bonds is 7. The normalized spacial score (nSPS) is 10.8. The SMILES string of the molecule is CCCNC(=O)CN(CCC)C(=O)c1ccc2[nH]c(C)c(C)c2c1. The number of amides is 2. The summed E-state index contributed by atoms with van der Waals surface area (Å²) in [6, 6.07) is 5.68. The standard InChI is InChI=1S/C19H27N3O2/c1-5-9-20-18(23)12-22(10-6-2)19(24)15-7-8-17-16(11-15)13(3)14(4)21-17/h7-8,11,21H,5-6,9-10,12H2,1-4H3,(H,20,23). The fraction of sp³-hybridized carbons (Fsp3) is 0.474. The van der Waals surface area contributed by atoms with Crippen LogP contribution in [0.1, 0.15) is 48.3 Å². The van der Waals surface area contributed by atoms with Crippen molar-refractivity contribution in [3.05, 3.63) is 35.0 Å². The molecule has 0 aliphatic heterocycles. The zero-order chi connectivity index (χ0) is 17.7. The molecule has 24 heavy (non-hydrogen) atoms. The lowest BCUT2D eigenvalue weighted by atomic mass is 10.1. The van der Waals surface area contributed by atoms with E-state index in [2.05, 4.69) is 10.3 Å². The summed E-state index contributed by atoms with van der Waals surface area (Å²) in [6.07, 6.45) is 1.70. The van der Waals surface area contributed by atoms with Gasteiger partial charge in [-0.25, -0.2) is 0 Å². The molecule has 5 nitrogen and oxygen atoms in total. The van der Waals surface area contributed by atoms with E-state index in [1.807, 2.05) is 45.9 Å². The molecule has 2 N–H and O–H groups in total. The first-order chi connectivity index (χ1) is 11.5. The number of nitrogens with zero attached hydrogens (tertiary/aromatic N) is 1. The van der Waals surface area contributed by atoms with Crippen molar-refractivity contribution in [3.63, 3.8) is 0 Å². The van der Waals surface area contributed by atoms with E-state index in [0.29, 0.717) is 18.7 Å². The van der Waals surface area contributed by atoms with Crippen molar-refractivity contribution in [2.45, 2.75) is 40.5 Å². The molecule has 2 amide bonds. The van der Waals surface area contributed by atoms with Gasteiger partial charge in [-0.2, -0.15) is 0 Å². The number of nitrogens with one attached hydrogen (secondary N) is 2. The Morgan fingerprint density at radius 3 is 2.58 bits per heavy atom. The zero-order valence-electron chi connectivity index (χ0n) is 15.0. The van der Waals surface area contributed by atoms with Gasteiger partial charge in [-0.3, -0.25) is 9.59 Å². The molecular formula is C19H27N3O2. The highest BCUT2D eigenvalue weighted by atomic mass is 16.2. The molecule has 0 saturated carbocycles. The smallest absolute Gasteiger partial charge is 0.254 e. The summed E-state index contributed by atoms with van der Waals surface area (Å²) in [5.74, 6) is -0.197. The number of fused-ring (bicyclic) bond motifs is 1. The minimum atomic E-state index is -0.103. The van der Waals surface area contributed by atoms with Crippen LogP contribution in [0, 0.1) is 13.8 Å². The van der Waals surface area contributed by atoms with Crippen LogP contribution in [0.25, 0.3) is 10.9 Å². The van der Waals surface area contributed by atoms with Gasteiger partial charge < -0.3 is 15.2 Å². The minimum absolute atomic E-state index is 0.0938. The molecule has 1 heterocycles. The fourth-order valence-corrected chi connectivity index (χ4v) is 2.79. The Kier molecular flexibility index (Phi) is 6.01. The van der Waals surface area contributed by atoms with Gasteiger partial charge in [0.05, 0.1) is 6.54 Å². The lowest BCUT2D eigenvalue weighted by Crippen LogP contribution is -2.41. The Hall–Kier alpha value is -2.30. The Morgan fingerprint density at radius 2 is 1.92 bits per heavy atom. The third-order valence-corrected chi connectivity index (χ3v) is 4.24. The van der Waals surface area contributed by atoms with E-state index in [1.165, 1.54) is 0 Å². The molecule has 0 aliphatic carbocycles. The van der Waals surface area contributed by atoms with Crippen molar-refractivity contribution in [2.75, 3.05) is 19.6 Å². The summed E-state index contributed by atoms with van der Waals surface area (Å²) in [5, 5.41) is 3.89. The topological polar surface area (TPSA) is 65.2 Å². The predicted molar refractivity (Wildman–Crippen MR) is 97.3 cm³/mol. The first kappa shape index (κ1) is 18.0. The second-order valence-corrected chi connectivity index (χ2v) is 6.21. The molecule has 130 valence electrons. The Morgan fingerprint density at radius 1 is 1.17 bits per heavy atom. The quantitative estimate of drug-likeness (QED) is 0.819. The highest BCUT2D eigenvalue weighted by molar-refractivity contribution is 6.00. The molecule has 1 aromatic heterocycles. The van der Waals surface area contributed by atoms with Crippen molar-refractivity contribution < 1.29 is 9.59 Å². The number of benzene rings is 1. The molecular weight excluding hydrogens is 302 g/mol. The third kappa shape index (κ3) is 3.96. The van der Waals surface area contributed by atoms with Gasteiger partial charge >= 0.3 is 0 Å². The number of aromatic amines is 1. The van der Waals surface area contributed by atoms with Crippen LogP contribution in [-0.2, 0) is 4.79 Å². The van der Waals surface area contributed by atoms with Gasteiger partial charge in [0.1, 0.15) is 0 Å². The number of aromatic nitrogens is 1. The summed E-state index contributed by atoms with van der Waals surface area (Å²) in [4.78, 5) is 29.8. The predicted octanol–water partition coefficient (Wildman–Crippen LogP) is 3.16. The average molecular weight is 329 g/mol. The maximum absolute atomic E-state index is 12.8. The zero-order valence-corrected chi connectivity index (χ0v) is 15.0. The van der Waals surface area contributed by atoms with Crippen molar-refractivity contribution in [2.24, 2.45) is 0 Å². The van der Waals surface area contributed by atoms with Crippen molar-refractivity contribution >= 4 is 22.7 Å². The Balaban J connectivity index is 2.22. The molecule has 0 saturated heterocycles. The molecule has 0 atom stereocenters. The van der Waals surface area contributed by atoms with Crippen LogP contribution in [0.15, 0.2) is 18.2 Å². The van der Waals surface area contributed by atoms with Crippen molar-refractivity contribution in [3.8, 4) is 0 Å². The van der Waals surface area contributed by atoms with E-state index in [-0.39, 0.29) is 18.4 Å². The molecule has 1 aromatic carbocycles. The summed E-state index contributed by atoms with van der Waals surface area (Å²) in [6.45, 7) is 9.40. The van der Waals surface area contributed by atoms with E-state index < -0.39 is 0 Å². The Labute approximate surface area is 143 Å². The second kappa shape index (κ2) is 7.99. The van der Waals surface area contributed by atoms with E-state index in [1.54, 1.807) is 4.90 Å². The van der Waals surface area contributed by atoms with E-state index in [4.69, 9.17) is 0 Å². The molecule has 0 radical (unpaired) electrons. The molecule has 2 rings (SSSR count). The molecule has 0 unspecified atom stereocenters. The fourth-order valence-electron chi connectivity index (χ4n) is 2.79. The summed E-state index contributed by atoms with van der Waals surface area (Å²) >= 11 is 0. The van der Waals surface area contributed by atoms with Crippen LogP contribution in [0.5, 0.6) is 0 Å². The maximum atomic E-state index is 12.8. The Bertz CT molecular complexity index is 734. The van der Waals surface area contributed by atoms with Crippen LogP contribution in [-0.4, -0.2) is 41.3 Å². The van der Waals surface area contributed by atoms with Crippen molar-refractivity contribution in [1.29, 1.82) is 0 Å². The molecule has 0 spiro atoms. The monoisotopic (exact) mass is 329 g/mol. The molecule has 2 aromatic rings. The molecule has 0 bridgehead atoms. The summed E-state index contributed by atoms with van der Waals surface area (Å²) in [7, 11) is 0. The highest BCUT2D eigenvalue weighted by Gasteiger charge is 2.19. The van der Waals surface area contributed by atoms with E-state index in [9.17, 15) is 9.59 Å². The van der Waals surface area contributed by atoms with E-state index in [0.717, 1.165) is 35.0 Å². The van der Waals surface area contributed by atoms with Crippen LogP contribution < -0.4 is 5.32 Å². The third-order valence-electron chi connectivity index (χ3n) is 4.24. The first-order valence-electron chi connectivity index (χ1n) is 8.62. The second-order valence-electron chi connectivity index (χ2n) is 6.21. The van der Waals surface area contributed by atoms with Gasteiger partial charge in [-0.05, 0) is 50.5 Å². The van der Waals surface area contributed by atoms with Crippen LogP contribution in [0.3, 0.4) is 0 Å². The number of aryl methyl sites for hydroxylation is 2. The highest BCUT2D eigenvalue weighted by Crippen LogP contribution is 2.23. The average Bonchev–Trinajstić information content (AvgIpc) is 2.86. The molecule has 0 aliphatic rings. The lowest BCUT2D eigenvalue weighted by molar-refractivity contribution is -0.121. The molecule has 0 fully saturated rings. The van der Waals surface area contributed by atoms with Gasteiger partial charge in [0.25, 0.3) is 5.91 Å². The van der Waals surface area contributed by atoms with Gasteiger partial charge in [-0.15, -0.1) is 0 Å². The summed E-state index contributed by atoms with van der Waals surface area (Å²) < 4.78 is 0. The van der Waals surface area contributed by atoms with Crippen LogP contribution in [0.2, 0.25) is 0 Å². The van der Waals surface area contributed by atoms with Gasteiger partial charge in [0, 0.05) is 35.2 Å². The van der Waals surface area contributed by atoms with Gasteiger partial charge in [0.15, 0.2) is 0 Å². The largest absolute Gasteiger partial charge is 0.358 e. The number of hydrogen-bond acceptors (Lipinski definition) is 2. The minimum Gasteiger partial charge on any atom is -0.358 e. The van der Waals surface area contributed by atoms with Gasteiger partial charge in [0.2, 0.25) is 5.91 Å². The summed E-state index contributed by atoms with van der Waals surface area (Å²) in [5.41, 5.74) is 3.92. The lowest BCUT2D eigenvalue weighted by Gasteiger charge is -2.21. The number of hydrogen-bond donors (Lipinski definition) is 2. The molecule has 5 heteroatoms. The number of carbonyl (C=O) groups excluding carboxylic acids is 2. The van der Waals surface area contributed by atoms with Crippen LogP contribution in [0.4, 0.5) is 0 Å². The number of H-pyrrole nitrogens is 1. The van der Waals surface area contributed by atoms with Crippen molar-refractivity contribution in [1.82, 2.24) is 15.2 Å². The van der Waals surface area contributed by atoms with Gasteiger partial charge in [-0.1, -0.05) is 13.8 Å².